The molecule has 0 spiro atoms. The highest BCUT2D eigenvalue weighted by atomic mass is 16.5. The topological polar surface area (TPSA) is 108 Å². The summed E-state index contributed by atoms with van der Waals surface area (Å²) in [5.41, 5.74) is 6.11. The average molecular weight is 432 g/mol. The number of para-hydroxylation sites is 3. The minimum absolute atomic E-state index is 0.216. The van der Waals surface area contributed by atoms with Crippen molar-refractivity contribution in [3.05, 3.63) is 84.8 Å². The van der Waals surface area contributed by atoms with Gasteiger partial charge in [-0.15, -0.1) is 0 Å². The fraction of sp³-hybridized carbons (Fsp3) is 0.0870. The molecule has 0 saturated carbocycles. The number of carbonyl (C=O) groups is 2. The lowest BCUT2D eigenvalue weighted by molar-refractivity contribution is -0.123. The van der Waals surface area contributed by atoms with Gasteiger partial charge in [0.1, 0.15) is 11.4 Å². The van der Waals surface area contributed by atoms with E-state index in [-0.39, 0.29) is 12.3 Å². The summed E-state index contributed by atoms with van der Waals surface area (Å²) in [7, 11) is 1.51. The van der Waals surface area contributed by atoms with Gasteiger partial charge in [-0.2, -0.15) is 5.10 Å². The van der Waals surface area contributed by atoms with Crippen LogP contribution in [0.25, 0.3) is 17.1 Å². The first-order chi connectivity index (χ1) is 15.7. The number of methoxy groups -OCH3 is 1. The van der Waals surface area contributed by atoms with Gasteiger partial charge in [-0.25, -0.2) is 4.68 Å². The van der Waals surface area contributed by atoms with Gasteiger partial charge < -0.3 is 13.9 Å². The number of hydrogen-bond acceptors (Lipinski definition) is 6. The molecule has 2 aromatic carbocycles. The number of hydrogen-bond donors (Lipinski definition) is 2. The predicted octanol–water partition coefficient (Wildman–Crippen LogP) is 2.98. The molecule has 2 heterocycles. The van der Waals surface area contributed by atoms with E-state index in [1.54, 1.807) is 42.5 Å². The van der Waals surface area contributed by atoms with E-state index in [1.165, 1.54) is 18.1 Å². The molecule has 32 heavy (non-hydrogen) atoms. The van der Waals surface area contributed by atoms with Gasteiger partial charge >= 0.3 is 0 Å². The Kier molecular flexibility index (Phi) is 6.17. The second-order valence-corrected chi connectivity index (χ2v) is 6.58. The molecule has 4 aromatic rings. The number of hydrazine groups is 1. The number of nitrogens with one attached hydrogen (secondary N) is 2. The summed E-state index contributed by atoms with van der Waals surface area (Å²) < 4.78 is 17.5. The maximum atomic E-state index is 12.8. The number of furan rings is 1. The van der Waals surface area contributed by atoms with Gasteiger partial charge in [-0.1, -0.05) is 30.3 Å². The molecule has 162 valence electrons. The second kappa shape index (κ2) is 9.52. The standard InChI is InChI=1S/C23H20N4O5/c1-30-20-10-5-6-11-21(20)32-15-22(28)24-25-23(29)18-14-17(19-12-7-13-31-19)26-27(18)16-8-3-2-4-9-16/h2-14H,15H2,1H3,(H,24,28)(H,25,29). The van der Waals surface area contributed by atoms with Crippen LogP contribution in [0.4, 0.5) is 0 Å². The Labute approximate surface area is 183 Å². The molecule has 0 aliphatic carbocycles. The summed E-state index contributed by atoms with van der Waals surface area (Å²) in [4.78, 5) is 25.0. The largest absolute Gasteiger partial charge is 0.493 e. The number of amides is 2. The van der Waals surface area contributed by atoms with Crippen molar-refractivity contribution in [3.8, 4) is 28.6 Å². The first-order valence-electron chi connectivity index (χ1n) is 9.70. The van der Waals surface area contributed by atoms with E-state index in [9.17, 15) is 9.59 Å². The van der Waals surface area contributed by atoms with Gasteiger partial charge in [0.05, 0.1) is 19.1 Å². The number of aromatic nitrogens is 2. The van der Waals surface area contributed by atoms with E-state index in [2.05, 4.69) is 16.0 Å². The Hall–Kier alpha value is -4.53. The van der Waals surface area contributed by atoms with Crippen LogP contribution in [0, 0.1) is 0 Å². The minimum Gasteiger partial charge on any atom is -0.493 e. The van der Waals surface area contributed by atoms with Crippen LogP contribution in [0.2, 0.25) is 0 Å². The third kappa shape index (κ3) is 4.62. The van der Waals surface area contributed by atoms with Crippen molar-refractivity contribution in [2.45, 2.75) is 0 Å². The third-order valence-electron chi connectivity index (χ3n) is 4.46. The average Bonchev–Trinajstić information content (AvgIpc) is 3.52. The molecule has 0 radical (unpaired) electrons. The molecule has 2 N–H and O–H groups in total. The van der Waals surface area contributed by atoms with Crippen molar-refractivity contribution in [1.29, 1.82) is 0 Å². The minimum atomic E-state index is -0.551. The van der Waals surface area contributed by atoms with Crippen molar-refractivity contribution in [2.24, 2.45) is 0 Å². The van der Waals surface area contributed by atoms with Crippen LogP contribution in [0.5, 0.6) is 11.5 Å². The van der Waals surface area contributed by atoms with E-state index < -0.39 is 11.8 Å². The highest BCUT2D eigenvalue weighted by Crippen LogP contribution is 2.25. The number of carbonyl (C=O) groups excluding carboxylic acids is 2. The van der Waals surface area contributed by atoms with Crippen molar-refractivity contribution in [2.75, 3.05) is 13.7 Å². The fourth-order valence-corrected chi connectivity index (χ4v) is 2.96. The molecule has 0 saturated heterocycles. The molecular formula is C23H20N4O5. The van der Waals surface area contributed by atoms with Crippen molar-refractivity contribution in [3.63, 3.8) is 0 Å². The van der Waals surface area contributed by atoms with E-state index in [4.69, 9.17) is 13.9 Å². The monoisotopic (exact) mass is 432 g/mol. The molecule has 0 bridgehead atoms. The van der Waals surface area contributed by atoms with Crippen molar-refractivity contribution in [1.82, 2.24) is 20.6 Å². The summed E-state index contributed by atoms with van der Waals surface area (Å²) >= 11 is 0. The van der Waals surface area contributed by atoms with E-state index >= 15 is 0 Å². The molecule has 0 unspecified atom stereocenters. The Bertz CT molecular complexity index is 1200. The summed E-state index contributed by atoms with van der Waals surface area (Å²) in [6.07, 6.45) is 1.53. The predicted molar refractivity (Wildman–Crippen MR) is 115 cm³/mol. The number of rotatable bonds is 7. The van der Waals surface area contributed by atoms with Crippen LogP contribution in [-0.2, 0) is 4.79 Å². The Morgan fingerprint density at radius 1 is 0.969 bits per heavy atom. The summed E-state index contributed by atoms with van der Waals surface area (Å²) in [5.74, 6) is 0.345. The Balaban J connectivity index is 1.45. The molecule has 9 heteroatoms. The highest BCUT2D eigenvalue weighted by molar-refractivity contribution is 5.95. The van der Waals surface area contributed by atoms with Crippen molar-refractivity contribution < 1.29 is 23.5 Å². The fourth-order valence-electron chi connectivity index (χ4n) is 2.96. The van der Waals surface area contributed by atoms with E-state index in [0.29, 0.717) is 28.6 Å². The maximum Gasteiger partial charge on any atom is 0.288 e. The van der Waals surface area contributed by atoms with Crippen LogP contribution < -0.4 is 20.3 Å². The lowest BCUT2D eigenvalue weighted by atomic mass is 10.3. The van der Waals surface area contributed by atoms with E-state index in [0.717, 1.165) is 0 Å². The van der Waals surface area contributed by atoms with Gasteiger partial charge in [-0.3, -0.25) is 20.4 Å². The third-order valence-corrected chi connectivity index (χ3v) is 4.46. The first-order valence-corrected chi connectivity index (χ1v) is 9.70. The smallest absolute Gasteiger partial charge is 0.288 e. The number of benzene rings is 2. The number of nitrogens with zero attached hydrogens (tertiary/aromatic N) is 2. The SMILES string of the molecule is COc1ccccc1OCC(=O)NNC(=O)c1cc(-c2ccco2)nn1-c1ccccc1. The molecule has 2 amide bonds. The Morgan fingerprint density at radius 2 is 1.72 bits per heavy atom. The normalized spacial score (nSPS) is 10.4. The molecule has 0 aliphatic rings. The van der Waals surface area contributed by atoms with Crippen LogP contribution in [0.3, 0.4) is 0 Å². The van der Waals surface area contributed by atoms with Crippen LogP contribution in [-0.4, -0.2) is 35.3 Å². The lowest BCUT2D eigenvalue weighted by Gasteiger charge is -2.11. The van der Waals surface area contributed by atoms with Crippen molar-refractivity contribution >= 4 is 11.8 Å². The maximum absolute atomic E-state index is 12.8. The van der Waals surface area contributed by atoms with Gasteiger partial charge in [0.15, 0.2) is 23.9 Å². The number of ether oxygens (including phenoxy) is 2. The first kappa shape index (κ1) is 20.7. The van der Waals surface area contributed by atoms with Crippen LogP contribution in [0.1, 0.15) is 10.5 Å². The van der Waals surface area contributed by atoms with Crippen LogP contribution >= 0.6 is 0 Å². The molecule has 4 rings (SSSR count). The molecule has 2 aromatic heterocycles. The molecule has 0 atom stereocenters. The summed E-state index contributed by atoms with van der Waals surface area (Å²) in [6.45, 7) is -0.309. The Morgan fingerprint density at radius 3 is 2.44 bits per heavy atom. The second-order valence-electron chi connectivity index (χ2n) is 6.58. The van der Waals surface area contributed by atoms with Gasteiger partial charge in [0.25, 0.3) is 11.8 Å². The molecule has 0 fully saturated rings. The zero-order valence-electron chi connectivity index (χ0n) is 17.1. The molecular weight excluding hydrogens is 412 g/mol. The zero-order chi connectivity index (χ0) is 22.3. The van der Waals surface area contributed by atoms with Gasteiger partial charge in [0.2, 0.25) is 0 Å². The summed E-state index contributed by atoms with van der Waals surface area (Å²) in [5, 5.41) is 4.48. The van der Waals surface area contributed by atoms with Gasteiger partial charge in [-0.05, 0) is 36.4 Å². The van der Waals surface area contributed by atoms with Gasteiger partial charge in [0, 0.05) is 6.07 Å². The lowest BCUT2D eigenvalue weighted by Crippen LogP contribution is -2.44. The summed E-state index contributed by atoms with van der Waals surface area (Å²) in [6, 6.07) is 21.2. The zero-order valence-corrected chi connectivity index (χ0v) is 17.1. The molecule has 0 aliphatic heterocycles. The van der Waals surface area contributed by atoms with E-state index in [1.807, 2.05) is 30.3 Å². The van der Waals surface area contributed by atoms with Crippen LogP contribution in [0.15, 0.2) is 83.5 Å². The quantitative estimate of drug-likeness (QED) is 0.435. The molecule has 9 nitrogen and oxygen atoms in total. The highest BCUT2D eigenvalue weighted by Gasteiger charge is 2.19.